The standard InChI is InChI=1S/C10H8FNO/c11-9-6-3-5-8(10(9)12)4-1-2-7-13/h3,5-7H,2,12H2. The van der Waals surface area contributed by atoms with E-state index in [0.29, 0.717) is 11.8 Å². The van der Waals surface area contributed by atoms with Gasteiger partial charge in [0.05, 0.1) is 17.7 Å². The van der Waals surface area contributed by atoms with Gasteiger partial charge in [-0.2, -0.15) is 0 Å². The van der Waals surface area contributed by atoms with Crippen LogP contribution in [0.2, 0.25) is 0 Å². The third kappa shape index (κ3) is 2.31. The lowest BCUT2D eigenvalue weighted by Gasteiger charge is -1.97. The second-order valence-electron chi connectivity index (χ2n) is 2.37. The average molecular weight is 177 g/mol. The van der Waals surface area contributed by atoms with Crippen LogP contribution in [0.1, 0.15) is 12.0 Å². The summed E-state index contributed by atoms with van der Waals surface area (Å²) in [6.07, 6.45) is 0.818. The van der Waals surface area contributed by atoms with Crippen LogP contribution in [0.4, 0.5) is 10.1 Å². The maximum absolute atomic E-state index is 12.8. The first-order valence-electron chi connectivity index (χ1n) is 3.72. The minimum absolute atomic E-state index is 0.0286. The smallest absolute Gasteiger partial charge is 0.147 e. The van der Waals surface area contributed by atoms with Gasteiger partial charge in [0.25, 0.3) is 0 Å². The molecule has 1 aromatic carbocycles. The zero-order valence-corrected chi connectivity index (χ0v) is 6.88. The van der Waals surface area contributed by atoms with Gasteiger partial charge in [0.15, 0.2) is 0 Å². The van der Waals surface area contributed by atoms with Crippen molar-refractivity contribution < 1.29 is 9.18 Å². The summed E-state index contributed by atoms with van der Waals surface area (Å²) in [6, 6.07) is 4.40. The fourth-order valence-corrected chi connectivity index (χ4v) is 0.834. The Morgan fingerprint density at radius 2 is 2.31 bits per heavy atom. The van der Waals surface area contributed by atoms with Gasteiger partial charge in [-0.05, 0) is 12.1 Å². The predicted octanol–water partition coefficient (Wildman–Crippen LogP) is 1.35. The zero-order chi connectivity index (χ0) is 9.68. The van der Waals surface area contributed by atoms with Crippen molar-refractivity contribution in [3.05, 3.63) is 29.6 Å². The summed E-state index contributed by atoms with van der Waals surface area (Å²) >= 11 is 0. The van der Waals surface area contributed by atoms with Gasteiger partial charge in [-0.25, -0.2) is 4.39 Å². The highest BCUT2D eigenvalue weighted by Gasteiger charge is 1.99. The number of benzene rings is 1. The molecule has 0 atom stereocenters. The lowest BCUT2D eigenvalue weighted by atomic mass is 10.2. The third-order valence-electron chi connectivity index (χ3n) is 1.46. The molecular weight excluding hydrogens is 169 g/mol. The average Bonchev–Trinajstić information content (AvgIpc) is 2.13. The Kier molecular flexibility index (Phi) is 3.04. The normalized spacial score (nSPS) is 8.69. The number of hydrogen-bond donors (Lipinski definition) is 1. The van der Waals surface area contributed by atoms with Crippen molar-refractivity contribution in [1.29, 1.82) is 0 Å². The first-order chi connectivity index (χ1) is 6.25. The molecule has 2 N–H and O–H groups in total. The van der Waals surface area contributed by atoms with E-state index in [2.05, 4.69) is 11.8 Å². The number of anilines is 1. The first kappa shape index (κ1) is 9.27. The summed E-state index contributed by atoms with van der Waals surface area (Å²) in [4.78, 5) is 9.94. The predicted molar refractivity (Wildman–Crippen MR) is 48.4 cm³/mol. The number of carbonyl (C=O) groups is 1. The van der Waals surface area contributed by atoms with E-state index in [1.165, 1.54) is 12.1 Å². The number of nitrogens with two attached hydrogens (primary N) is 1. The van der Waals surface area contributed by atoms with Crippen LogP contribution in [-0.4, -0.2) is 6.29 Å². The summed E-state index contributed by atoms with van der Waals surface area (Å²) in [5.41, 5.74) is 5.85. The van der Waals surface area contributed by atoms with Crippen LogP contribution in [0.15, 0.2) is 18.2 Å². The molecule has 1 rings (SSSR count). The molecule has 3 heteroatoms. The SMILES string of the molecule is Nc1c(F)cccc1C#CCC=O. The van der Waals surface area contributed by atoms with Crippen LogP contribution in [0.3, 0.4) is 0 Å². The molecule has 0 unspecified atom stereocenters. The van der Waals surface area contributed by atoms with E-state index in [1.807, 2.05) is 0 Å². The summed E-state index contributed by atoms with van der Waals surface area (Å²) < 4.78 is 12.8. The molecule has 0 saturated heterocycles. The molecule has 0 aromatic heterocycles. The maximum atomic E-state index is 12.8. The van der Waals surface area contributed by atoms with Gasteiger partial charge >= 0.3 is 0 Å². The van der Waals surface area contributed by atoms with Crippen molar-refractivity contribution in [2.24, 2.45) is 0 Å². The highest BCUT2D eigenvalue weighted by atomic mass is 19.1. The van der Waals surface area contributed by atoms with Gasteiger partial charge in [-0.1, -0.05) is 17.9 Å². The van der Waals surface area contributed by atoms with E-state index < -0.39 is 5.82 Å². The zero-order valence-electron chi connectivity index (χ0n) is 6.88. The van der Waals surface area contributed by atoms with Crippen LogP contribution in [0.25, 0.3) is 0 Å². The number of carbonyl (C=O) groups excluding carboxylic acids is 1. The fourth-order valence-electron chi connectivity index (χ4n) is 0.834. The highest BCUT2D eigenvalue weighted by Crippen LogP contribution is 2.13. The molecule has 0 aliphatic heterocycles. The lowest BCUT2D eigenvalue weighted by molar-refractivity contribution is -0.107. The maximum Gasteiger partial charge on any atom is 0.147 e. The van der Waals surface area contributed by atoms with Crippen molar-refractivity contribution in [3.63, 3.8) is 0 Å². The molecule has 0 aliphatic carbocycles. The van der Waals surface area contributed by atoms with Crippen LogP contribution < -0.4 is 5.73 Å². The molecule has 0 amide bonds. The molecule has 2 nitrogen and oxygen atoms in total. The van der Waals surface area contributed by atoms with Gasteiger partial charge < -0.3 is 10.5 Å². The van der Waals surface area contributed by atoms with Crippen molar-refractivity contribution in [2.45, 2.75) is 6.42 Å². The van der Waals surface area contributed by atoms with Gasteiger partial charge in [-0.3, -0.25) is 0 Å². The number of nitrogen functional groups attached to an aromatic ring is 1. The number of aldehydes is 1. The number of rotatable bonds is 1. The molecule has 0 spiro atoms. The van der Waals surface area contributed by atoms with Crippen molar-refractivity contribution >= 4 is 12.0 Å². The van der Waals surface area contributed by atoms with Crippen LogP contribution >= 0.6 is 0 Å². The van der Waals surface area contributed by atoms with Crippen LogP contribution in [0.5, 0.6) is 0 Å². The second-order valence-corrected chi connectivity index (χ2v) is 2.37. The third-order valence-corrected chi connectivity index (χ3v) is 1.46. The monoisotopic (exact) mass is 177 g/mol. The van der Waals surface area contributed by atoms with E-state index in [1.54, 1.807) is 6.07 Å². The van der Waals surface area contributed by atoms with E-state index in [4.69, 9.17) is 5.73 Å². The van der Waals surface area contributed by atoms with E-state index in [0.717, 1.165) is 0 Å². The Hall–Kier alpha value is -1.82. The molecule has 0 saturated carbocycles. The minimum atomic E-state index is -0.488. The Bertz CT molecular complexity index is 376. The van der Waals surface area contributed by atoms with E-state index in [-0.39, 0.29) is 12.1 Å². The Labute approximate surface area is 75.6 Å². The molecule has 0 radical (unpaired) electrons. The van der Waals surface area contributed by atoms with Crippen molar-refractivity contribution in [3.8, 4) is 11.8 Å². The highest BCUT2D eigenvalue weighted by molar-refractivity contribution is 5.59. The lowest BCUT2D eigenvalue weighted by Crippen LogP contribution is -1.93. The molecule has 0 fully saturated rings. The van der Waals surface area contributed by atoms with Crippen molar-refractivity contribution in [1.82, 2.24) is 0 Å². The van der Waals surface area contributed by atoms with Gasteiger partial charge in [0, 0.05) is 0 Å². The molecule has 0 heterocycles. The molecule has 1 aromatic rings. The quantitative estimate of drug-likeness (QED) is 0.399. The summed E-state index contributed by atoms with van der Waals surface area (Å²) in [7, 11) is 0. The number of halogens is 1. The summed E-state index contributed by atoms with van der Waals surface area (Å²) in [5.74, 6) is 4.68. The van der Waals surface area contributed by atoms with Gasteiger partial charge in [-0.15, -0.1) is 0 Å². The molecule has 13 heavy (non-hydrogen) atoms. The number of para-hydroxylation sites is 1. The first-order valence-corrected chi connectivity index (χ1v) is 3.72. The molecule has 0 bridgehead atoms. The Morgan fingerprint density at radius 1 is 1.54 bits per heavy atom. The number of hydrogen-bond acceptors (Lipinski definition) is 2. The van der Waals surface area contributed by atoms with Crippen LogP contribution in [0, 0.1) is 17.7 Å². The fraction of sp³-hybridized carbons (Fsp3) is 0.100. The molecule has 66 valence electrons. The minimum Gasteiger partial charge on any atom is -0.395 e. The van der Waals surface area contributed by atoms with Crippen LogP contribution in [-0.2, 0) is 4.79 Å². The summed E-state index contributed by atoms with van der Waals surface area (Å²) in [6.45, 7) is 0. The summed E-state index contributed by atoms with van der Waals surface area (Å²) in [5, 5.41) is 0. The Balaban J connectivity index is 2.97. The van der Waals surface area contributed by atoms with Crippen molar-refractivity contribution in [2.75, 3.05) is 5.73 Å². The molecule has 0 aliphatic rings. The largest absolute Gasteiger partial charge is 0.395 e. The topological polar surface area (TPSA) is 43.1 Å². The Morgan fingerprint density at radius 3 is 3.00 bits per heavy atom. The van der Waals surface area contributed by atoms with E-state index >= 15 is 0 Å². The second kappa shape index (κ2) is 4.27. The molecular formula is C10H8FNO. The van der Waals surface area contributed by atoms with E-state index in [9.17, 15) is 9.18 Å². The van der Waals surface area contributed by atoms with Gasteiger partial charge in [0.1, 0.15) is 12.1 Å². The van der Waals surface area contributed by atoms with Gasteiger partial charge in [0.2, 0.25) is 0 Å².